The molecule has 70 valence electrons. The van der Waals surface area contributed by atoms with Gasteiger partial charge in [0.05, 0.1) is 0 Å². The topological polar surface area (TPSA) is 21.6 Å². The molecule has 0 unspecified atom stereocenters. The van der Waals surface area contributed by atoms with Crippen LogP contribution < -0.4 is 4.74 Å². The van der Waals surface area contributed by atoms with Crippen molar-refractivity contribution >= 4 is 18.0 Å². The Kier molecular flexibility index (Phi) is 4.40. The summed E-state index contributed by atoms with van der Waals surface area (Å²) in [5.41, 5.74) is 1.07. The molecule has 0 radical (unpaired) electrons. The molecular formula is C10H13NOS. The van der Waals surface area contributed by atoms with Crippen molar-refractivity contribution in [1.29, 1.82) is 0 Å². The molecule has 1 aromatic rings. The summed E-state index contributed by atoms with van der Waals surface area (Å²) < 4.78 is 5.44. The number of nitrogens with zero attached hydrogens (tertiary/aromatic N) is 1. The van der Waals surface area contributed by atoms with Gasteiger partial charge in [0, 0.05) is 13.3 Å². The van der Waals surface area contributed by atoms with E-state index in [2.05, 4.69) is 4.99 Å². The molecule has 0 bridgehead atoms. The highest BCUT2D eigenvalue weighted by atomic mass is 32.2. The highest BCUT2D eigenvalue weighted by Crippen LogP contribution is 2.13. The predicted molar refractivity (Wildman–Crippen MR) is 59.0 cm³/mol. The minimum atomic E-state index is 0.687. The number of aliphatic imine (C=N–C) groups is 1. The quantitative estimate of drug-likeness (QED) is 0.543. The van der Waals surface area contributed by atoms with Gasteiger partial charge in [-0.1, -0.05) is 12.1 Å². The number of ether oxygens (including phenoxy) is 1. The first kappa shape index (κ1) is 10.1. The third-order valence-electron chi connectivity index (χ3n) is 1.48. The van der Waals surface area contributed by atoms with Gasteiger partial charge in [-0.3, -0.25) is 4.99 Å². The van der Waals surface area contributed by atoms with Gasteiger partial charge < -0.3 is 4.74 Å². The summed E-state index contributed by atoms with van der Waals surface area (Å²) in [5.74, 6) is 1.58. The fourth-order valence-electron chi connectivity index (χ4n) is 0.961. The Morgan fingerprint density at radius 1 is 1.54 bits per heavy atom. The van der Waals surface area contributed by atoms with Gasteiger partial charge in [-0.15, -0.1) is 11.8 Å². The van der Waals surface area contributed by atoms with E-state index in [4.69, 9.17) is 4.74 Å². The van der Waals surface area contributed by atoms with Crippen LogP contribution in [0.5, 0.6) is 5.75 Å². The number of thioether (sulfide) groups is 1. The van der Waals surface area contributed by atoms with Crippen LogP contribution in [-0.2, 0) is 0 Å². The summed E-state index contributed by atoms with van der Waals surface area (Å²) in [4.78, 5) is 3.94. The summed E-state index contributed by atoms with van der Waals surface area (Å²) in [7, 11) is 1.76. The monoisotopic (exact) mass is 195 g/mol. The van der Waals surface area contributed by atoms with E-state index in [0.717, 1.165) is 11.3 Å². The van der Waals surface area contributed by atoms with E-state index in [1.54, 1.807) is 18.8 Å². The second kappa shape index (κ2) is 5.65. The van der Waals surface area contributed by atoms with Gasteiger partial charge in [0.1, 0.15) is 11.7 Å². The first-order valence-corrected chi connectivity index (χ1v) is 5.40. The molecule has 0 aromatic heterocycles. The Bertz CT molecular complexity index is 286. The minimum Gasteiger partial charge on any atom is -0.483 e. The van der Waals surface area contributed by atoms with Crippen LogP contribution in [0.4, 0.5) is 0 Å². The first-order chi connectivity index (χ1) is 6.36. The molecule has 0 saturated heterocycles. The largest absolute Gasteiger partial charge is 0.483 e. The van der Waals surface area contributed by atoms with Crippen LogP contribution in [0.3, 0.4) is 0 Å². The van der Waals surface area contributed by atoms with Crippen LogP contribution in [0.15, 0.2) is 29.3 Å². The third-order valence-corrected chi connectivity index (χ3v) is 1.83. The summed E-state index contributed by atoms with van der Waals surface area (Å²) in [6.45, 7) is 0. The van der Waals surface area contributed by atoms with E-state index in [0.29, 0.717) is 5.94 Å². The summed E-state index contributed by atoms with van der Waals surface area (Å²) in [6.07, 6.45) is 3.82. The van der Waals surface area contributed by atoms with Crippen LogP contribution in [0.25, 0.3) is 0 Å². The molecule has 0 N–H and O–H groups in total. The summed E-state index contributed by atoms with van der Waals surface area (Å²) in [5, 5.41) is 0. The van der Waals surface area contributed by atoms with Crippen molar-refractivity contribution in [3.8, 4) is 5.75 Å². The van der Waals surface area contributed by atoms with E-state index < -0.39 is 0 Å². The molecule has 0 aliphatic rings. The Morgan fingerprint density at radius 2 is 2.38 bits per heavy atom. The second-order valence-electron chi connectivity index (χ2n) is 2.51. The second-order valence-corrected chi connectivity index (χ2v) is 3.32. The highest BCUT2D eigenvalue weighted by Gasteiger charge is 1.93. The normalized spacial score (nSPS) is 10.6. The lowest BCUT2D eigenvalue weighted by Crippen LogP contribution is -1.92. The van der Waals surface area contributed by atoms with Crippen molar-refractivity contribution in [3.05, 3.63) is 29.8 Å². The molecule has 0 atom stereocenters. The molecular weight excluding hydrogens is 182 g/mol. The van der Waals surface area contributed by atoms with Crippen molar-refractivity contribution in [2.24, 2.45) is 4.99 Å². The molecule has 2 nitrogen and oxygen atoms in total. The molecule has 0 saturated carbocycles. The maximum absolute atomic E-state index is 5.44. The summed E-state index contributed by atoms with van der Waals surface area (Å²) >= 11 is 1.66. The van der Waals surface area contributed by atoms with E-state index in [1.807, 2.05) is 36.7 Å². The van der Waals surface area contributed by atoms with Crippen molar-refractivity contribution in [1.82, 2.24) is 0 Å². The SMILES string of the molecule is C/N=C\c1cccc(OCSC)c1. The smallest absolute Gasteiger partial charge is 0.133 e. The molecule has 13 heavy (non-hydrogen) atoms. The average Bonchev–Trinajstić information content (AvgIpc) is 2.16. The highest BCUT2D eigenvalue weighted by molar-refractivity contribution is 7.98. The van der Waals surface area contributed by atoms with Crippen LogP contribution in [0.2, 0.25) is 0 Å². The average molecular weight is 195 g/mol. The van der Waals surface area contributed by atoms with Crippen LogP contribution in [0.1, 0.15) is 5.56 Å². The van der Waals surface area contributed by atoms with Crippen LogP contribution in [0, 0.1) is 0 Å². The Balaban J connectivity index is 2.67. The van der Waals surface area contributed by atoms with Crippen LogP contribution in [-0.4, -0.2) is 25.5 Å². The lowest BCUT2D eigenvalue weighted by atomic mass is 10.2. The van der Waals surface area contributed by atoms with Gasteiger partial charge in [-0.05, 0) is 24.0 Å². The van der Waals surface area contributed by atoms with Gasteiger partial charge in [0.2, 0.25) is 0 Å². The number of benzene rings is 1. The Hall–Kier alpha value is -0.960. The van der Waals surface area contributed by atoms with Crippen molar-refractivity contribution in [3.63, 3.8) is 0 Å². The Morgan fingerprint density at radius 3 is 3.08 bits per heavy atom. The van der Waals surface area contributed by atoms with Gasteiger partial charge in [0.15, 0.2) is 0 Å². The van der Waals surface area contributed by atoms with E-state index >= 15 is 0 Å². The maximum atomic E-state index is 5.44. The number of hydrogen-bond donors (Lipinski definition) is 0. The molecule has 0 aliphatic heterocycles. The number of rotatable bonds is 4. The molecule has 0 heterocycles. The molecule has 1 aromatic carbocycles. The van der Waals surface area contributed by atoms with Crippen molar-refractivity contribution in [2.45, 2.75) is 0 Å². The maximum Gasteiger partial charge on any atom is 0.133 e. The molecule has 3 heteroatoms. The first-order valence-electron chi connectivity index (χ1n) is 4.01. The van der Waals surface area contributed by atoms with Crippen molar-refractivity contribution in [2.75, 3.05) is 19.2 Å². The summed E-state index contributed by atoms with van der Waals surface area (Å²) in [6, 6.07) is 7.89. The Labute approximate surface area is 83.0 Å². The lowest BCUT2D eigenvalue weighted by Gasteiger charge is -2.03. The fraction of sp³-hybridized carbons (Fsp3) is 0.300. The van der Waals surface area contributed by atoms with E-state index in [9.17, 15) is 0 Å². The zero-order chi connectivity index (χ0) is 9.52. The van der Waals surface area contributed by atoms with E-state index in [-0.39, 0.29) is 0 Å². The standard InChI is InChI=1S/C10H13NOS/c1-11-7-9-4-3-5-10(6-9)12-8-13-2/h3-7H,8H2,1-2H3/b11-7-. The van der Waals surface area contributed by atoms with Crippen LogP contribution >= 0.6 is 11.8 Å². The molecule has 0 spiro atoms. The zero-order valence-electron chi connectivity index (χ0n) is 7.86. The fourth-order valence-corrected chi connectivity index (χ4v) is 1.21. The molecule has 0 fully saturated rings. The molecule has 1 rings (SSSR count). The van der Waals surface area contributed by atoms with Gasteiger partial charge in [-0.25, -0.2) is 0 Å². The van der Waals surface area contributed by atoms with Gasteiger partial charge in [-0.2, -0.15) is 0 Å². The number of hydrogen-bond acceptors (Lipinski definition) is 3. The van der Waals surface area contributed by atoms with Gasteiger partial charge in [0.25, 0.3) is 0 Å². The molecule has 0 amide bonds. The minimum absolute atomic E-state index is 0.687. The predicted octanol–water partition coefficient (Wildman–Crippen LogP) is 2.43. The van der Waals surface area contributed by atoms with Gasteiger partial charge >= 0.3 is 0 Å². The van der Waals surface area contributed by atoms with E-state index in [1.165, 1.54) is 0 Å². The third kappa shape index (κ3) is 3.51. The molecule has 0 aliphatic carbocycles. The zero-order valence-corrected chi connectivity index (χ0v) is 8.67. The van der Waals surface area contributed by atoms with Crippen molar-refractivity contribution < 1.29 is 4.74 Å². The lowest BCUT2D eigenvalue weighted by molar-refractivity contribution is 0.393.